The smallest absolute Gasteiger partial charge is 0.328 e. The maximum atomic E-state index is 12.1. The molecule has 1 fully saturated rings. The molecule has 7 nitrogen and oxygen atoms in total. The first kappa shape index (κ1) is 14.3. The Kier molecular flexibility index (Phi) is 4.23. The number of carbonyl (C=O) groups is 3. The van der Waals surface area contributed by atoms with E-state index in [1.165, 1.54) is 11.3 Å². The average molecular weight is 297 g/mol. The fourth-order valence-electron chi connectivity index (χ4n) is 1.95. The molecule has 0 aliphatic carbocycles. The van der Waals surface area contributed by atoms with E-state index in [1.807, 2.05) is 24.4 Å². The number of hydrogen-bond donors (Lipinski definition) is 3. The lowest BCUT2D eigenvalue weighted by molar-refractivity contribution is -0.144. The van der Waals surface area contributed by atoms with Crippen molar-refractivity contribution in [1.29, 1.82) is 0 Å². The van der Waals surface area contributed by atoms with Crippen LogP contribution in [0.1, 0.15) is 17.8 Å². The number of hydrogen-bond acceptors (Lipinski definition) is 4. The number of piperazine rings is 1. The predicted molar refractivity (Wildman–Crippen MR) is 72.4 cm³/mol. The highest BCUT2D eigenvalue weighted by molar-refractivity contribution is 7.10. The largest absolute Gasteiger partial charge is 0.480 e. The van der Waals surface area contributed by atoms with E-state index in [0.29, 0.717) is 0 Å². The van der Waals surface area contributed by atoms with E-state index in [1.54, 1.807) is 0 Å². The molecule has 1 saturated heterocycles. The number of thiophene rings is 1. The first-order valence-electron chi connectivity index (χ1n) is 6.09. The molecule has 20 heavy (non-hydrogen) atoms. The van der Waals surface area contributed by atoms with Crippen molar-refractivity contribution in [3.05, 3.63) is 22.4 Å². The van der Waals surface area contributed by atoms with Crippen LogP contribution in [0.25, 0.3) is 0 Å². The van der Waals surface area contributed by atoms with Gasteiger partial charge in [-0.3, -0.25) is 9.69 Å². The Balaban J connectivity index is 2.05. The highest BCUT2D eigenvalue weighted by atomic mass is 32.1. The Morgan fingerprint density at radius 3 is 2.95 bits per heavy atom. The van der Waals surface area contributed by atoms with Crippen LogP contribution in [0.15, 0.2) is 17.5 Å². The Morgan fingerprint density at radius 2 is 2.35 bits per heavy atom. The molecule has 3 N–H and O–H groups in total. The molecule has 8 heteroatoms. The fourth-order valence-corrected chi connectivity index (χ4v) is 2.69. The van der Waals surface area contributed by atoms with Crippen molar-refractivity contribution in [1.82, 2.24) is 15.5 Å². The summed E-state index contributed by atoms with van der Waals surface area (Å²) in [4.78, 5) is 36.6. The lowest BCUT2D eigenvalue weighted by Gasteiger charge is -2.33. The van der Waals surface area contributed by atoms with Crippen molar-refractivity contribution in [2.45, 2.75) is 19.0 Å². The molecule has 0 bridgehead atoms. The van der Waals surface area contributed by atoms with Crippen molar-refractivity contribution in [3.63, 3.8) is 0 Å². The lowest BCUT2D eigenvalue weighted by Crippen LogP contribution is -2.61. The van der Waals surface area contributed by atoms with Gasteiger partial charge in [0.05, 0.1) is 6.04 Å². The zero-order valence-electron chi connectivity index (χ0n) is 10.8. The first-order chi connectivity index (χ1) is 9.49. The molecule has 0 radical (unpaired) electrons. The highest BCUT2D eigenvalue weighted by Gasteiger charge is 2.35. The molecule has 2 atom stereocenters. The zero-order valence-corrected chi connectivity index (χ0v) is 11.6. The summed E-state index contributed by atoms with van der Waals surface area (Å²) in [6, 6.07) is 1.93. The molecule has 108 valence electrons. The van der Waals surface area contributed by atoms with Gasteiger partial charge in [0.15, 0.2) is 0 Å². The maximum Gasteiger partial charge on any atom is 0.328 e. The van der Waals surface area contributed by atoms with Crippen molar-refractivity contribution in [3.8, 4) is 0 Å². The molecule has 1 aliphatic heterocycles. The molecule has 2 unspecified atom stereocenters. The van der Waals surface area contributed by atoms with Crippen LogP contribution in [0.4, 0.5) is 4.79 Å². The van der Waals surface area contributed by atoms with E-state index < -0.39 is 18.0 Å². The molecule has 2 rings (SSSR count). The van der Waals surface area contributed by atoms with Crippen LogP contribution in [0, 0.1) is 0 Å². The number of nitrogens with one attached hydrogen (secondary N) is 2. The fraction of sp³-hybridized carbons (Fsp3) is 0.417. The van der Waals surface area contributed by atoms with Crippen molar-refractivity contribution >= 4 is 29.2 Å². The van der Waals surface area contributed by atoms with Crippen molar-refractivity contribution < 1.29 is 19.5 Å². The minimum Gasteiger partial charge on any atom is -0.480 e. The first-order valence-corrected chi connectivity index (χ1v) is 6.97. The molecule has 0 spiro atoms. The molecule has 1 aromatic heterocycles. The number of rotatable bonds is 3. The Hall–Kier alpha value is -2.09. The third-order valence-electron chi connectivity index (χ3n) is 3.04. The van der Waals surface area contributed by atoms with Gasteiger partial charge >= 0.3 is 12.0 Å². The van der Waals surface area contributed by atoms with Crippen LogP contribution in [0.2, 0.25) is 0 Å². The Bertz CT molecular complexity index is 517. The highest BCUT2D eigenvalue weighted by Crippen LogP contribution is 2.18. The van der Waals surface area contributed by atoms with Gasteiger partial charge in [0.1, 0.15) is 12.6 Å². The zero-order chi connectivity index (χ0) is 14.7. The van der Waals surface area contributed by atoms with Crippen LogP contribution >= 0.6 is 11.3 Å². The van der Waals surface area contributed by atoms with Crippen molar-refractivity contribution in [2.75, 3.05) is 13.1 Å². The normalized spacial score (nSPS) is 20.1. The topological polar surface area (TPSA) is 98.7 Å². The quantitative estimate of drug-likeness (QED) is 0.752. The van der Waals surface area contributed by atoms with Gasteiger partial charge in [0.2, 0.25) is 5.91 Å². The molecule has 0 aromatic carbocycles. The second-order valence-electron chi connectivity index (χ2n) is 4.47. The molecule has 1 aliphatic rings. The minimum atomic E-state index is -1.14. The number of amides is 3. The van der Waals surface area contributed by atoms with Gasteiger partial charge in [0.25, 0.3) is 0 Å². The van der Waals surface area contributed by atoms with Crippen LogP contribution < -0.4 is 10.6 Å². The average Bonchev–Trinajstić information content (AvgIpc) is 2.92. The molecule has 2 heterocycles. The SMILES string of the molecule is CC(NC(=O)N1CC(=O)NCC1C(=O)O)c1cccs1. The van der Waals surface area contributed by atoms with Crippen LogP contribution in [0.5, 0.6) is 0 Å². The molecular formula is C12H15N3O4S. The van der Waals surface area contributed by atoms with Gasteiger partial charge in [-0.2, -0.15) is 0 Å². The van der Waals surface area contributed by atoms with Gasteiger partial charge in [-0.25, -0.2) is 9.59 Å². The summed E-state index contributed by atoms with van der Waals surface area (Å²) in [5, 5.41) is 16.1. The van der Waals surface area contributed by atoms with Crippen LogP contribution in [-0.2, 0) is 9.59 Å². The standard InChI is InChI=1S/C12H15N3O4S/c1-7(9-3-2-4-20-9)14-12(19)15-6-10(16)13-5-8(15)11(17)18/h2-4,7-8H,5-6H2,1H3,(H,13,16)(H,14,19)(H,17,18). The molecule has 3 amide bonds. The number of carboxylic acid groups (broad SMARTS) is 1. The third kappa shape index (κ3) is 3.08. The van der Waals surface area contributed by atoms with Gasteiger partial charge in [0, 0.05) is 11.4 Å². The van der Waals surface area contributed by atoms with E-state index in [2.05, 4.69) is 10.6 Å². The monoisotopic (exact) mass is 297 g/mol. The number of carboxylic acids is 1. The van der Waals surface area contributed by atoms with Gasteiger partial charge in [-0.05, 0) is 18.4 Å². The predicted octanol–water partition coefficient (Wildman–Crippen LogP) is 0.404. The number of carbonyl (C=O) groups excluding carboxylic acids is 2. The van der Waals surface area contributed by atoms with E-state index in [-0.39, 0.29) is 25.0 Å². The number of aliphatic carboxylic acids is 1. The number of nitrogens with zero attached hydrogens (tertiary/aromatic N) is 1. The maximum absolute atomic E-state index is 12.1. The van der Waals surface area contributed by atoms with E-state index in [9.17, 15) is 14.4 Å². The minimum absolute atomic E-state index is 0.0744. The van der Waals surface area contributed by atoms with Gasteiger partial charge < -0.3 is 15.7 Å². The summed E-state index contributed by atoms with van der Waals surface area (Å²) in [7, 11) is 0. The lowest BCUT2D eigenvalue weighted by atomic mass is 10.2. The summed E-state index contributed by atoms with van der Waals surface area (Å²) >= 11 is 1.50. The van der Waals surface area contributed by atoms with Crippen LogP contribution in [0.3, 0.4) is 0 Å². The van der Waals surface area contributed by atoms with Crippen molar-refractivity contribution in [2.24, 2.45) is 0 Å². The molecule has 0 saturated carbocycles. The molecule has 1 aromatic rings. The summed E-state index contributed by atoms with van der Waals surface area (Å²) in [6.07, 6.45) is 0. The van der Waals surface area contributed by atoms with E-state index in [0.717, 1.165) is 9.78 Å². The third-order valence-corrected chi connectivity index (χ3v) is 4.09. The summed E-state index contributed by atoms with van der Waals surface area (Å²) in [5.41, 5.74) is 0. The van der Waals surface area contributed by atoms with Crippen LogP contribution in [-0.4, -0.2) is 47.0 Å². The Labute approximate surface area is 119 Å². The second-order valence-corrected chi connectivity index (χ2v) is 5.45. The summed E-state index contributed by atoms with van der Waals surface area (Å²) < 4.78 is 0. The van der Waals surface area contributed by atoms with E-state index in [4.69, 9.17) is 5.11 Å². The summed E-state index contributed by atoms with van der Waals surface area (Å²) in [6.45, 7) is 1.48. The van der Waals surface area contributed by atoms with Gasteiger partial charge in [-0.1, -0.05) is 6.07 Å². The number of urea groups is 1. The summed E-state index contributed by atoms with van der Waals surface area (Å²) in [5.74, 6) is -1.50. The van der Waals surface area contributed by atoms with E-state index >= 15 is 0 Å². The molecular weight excluding hydrogens is 282 g/mol. The van der Waals surface area contributed by atoms with Gasteiger partial charge in [-0.15, -0.1) is 11.3 Å². The second kappa shape index (κ2) is 5.91. The Morgan fingerprint density at radius 1 is 1.60 bits per heavy atom.